The predicted octanol–water partition coefficient (Wildman–Crippen LogP) is 8.20. The summed E-state index contributed by atoms with van der Waals surface area (Å²) in [5.74, 6) is -0.776. The Morgan fingerprint density at radius 1 is 0.696 bits per heavy atom. The maximum atomic E-state index is 13.6. The number of halogens is 3. The SMILES string of the molecule is CCCOCCOCCOCCOCCCc1cccc(C(=O)Nc2ccc(N(CC)CC)cc2-c2cc(C(=O)NCc3cccc(C(F)(F)F)c3)ccn2)c1. The maximum absolute atomic E-state index is 13.6. The van der Waals surface area contributed by atoms with Gasteiger partial charge in [-0.05, 0) is 98.8 Å². The fourth-order valence-corrected chi connectivity index (χ4v) is 5.85. The lowest BCUT2D eigenvalue weighted by Crippen LogP contribution is -2.23. The first-order valence-electron chi connectivity index (χ1n) is 19.1. The topological polar surface area (TPSA) is 111 Å². The van der Waals surface area contributed by atoms with Gasteiger partial charge in [0.15, 0.2) is 0 Å². The van der Waals surface area contributed by atoms with Crippen LogP contribution in [0.1, 0.15) is 71.0 Å². The van der Waals surface area contributed by atoms with Gasteiger partial charge in [-0.25, -0.2) is 0 Å². The fourth-order valence-electron chi connectivity index (χ4n) is 5.85. The van der Waals surface area contributed by atoms with Crippen LogP contribution in [0.2, 0.25) is 0 Å². The first-order chi connectivity index (χ1) is 27.1. The Labute approximate surface area is 327 Å². The van der Waals surface area contributed by atoms with E-state index in [1.807, 2.05) is 50.2 Å². The monoisotopic (exact) mass is 778 g/mol. The zero-order valence-corrected chi connectivity index (χ0v) is 32.5. The summed E-state index contributed by atoms with van der Waals surface area (Å²) in [7, 11) is 0. The summed E-state index contributed by atoms with van der Waals surface area (Å²) in [6.45, 7) is 12.0. The number of carbonyl (C=O) groups is 2. The van der Waals surface area contributed by atoms with Crippen LogP contribution >= 0.6 is 0 Å². The van der Waals surface area contributed by atoms with E-state index in [0.29, 0.717) is 74.3 Å². The van der Waals surface area contributed by atoms with Crippen LogP contribution in [0.5, 0.6) is 0 Å². The lowest BCUT2D eigenvalue weighted by Gasteiger charge is -2.23. The summed E-state index contributed by atoms with van der Waals surface area (Å²) in [5.41, 5.74) is 3.77. The average molecular weight is 779 g/mol. The predicted molar refractivity (Wildman–Crippen MR) is 212 cm³/mol. The Balaban J connectivity index is 1.35. The molecule has 0 spiro atoms. The van der Waals surface area contributed by atoms with Crippen LogP contribution in [-0.2, 0) is 38.1 Å². The van der Waals surface area contributed by atoms with Gasteiger partial charge < -0.3 is 34.5 Å². The third-order valence-electron chi connectivity index (χ3n) is 8.79. The van der Waals surface area contributed by atoms with Crippen LogP contribution in [0, 0.1) is 0 Å². The number of aromatic nitrogens is 1. The van der Waals surface area contributed by atoms with E-state index in [1.165, 1.54) is 24.4 Å². The molecule has 0 aliphatic rings. The number of rotatable bonds is 24. The molecule has 4 aromatic rings. The number of alkyl halides is 3. The minimum Gasteiger partial charge on any atom is -0.379 e. The summed E-state index contributed by atoms with van der Waals surface area (Å²) in [6.07, 6.45) is -0.493. The third kappa shape index (κ3) is 14.4. The van der Waals surface area contributed by atoms with Crippen LogP contribution in [0.3, 0.4) is 0 Å². The minimum atomic E-state index is -4.48. The van der Waals surface area contributed by atoms with Crippen molar-refractivity contribution in [3.8, 4) is 11.3 Å². The second kappa shape index (κ2) is 23.3. The molecule has 2 N–H and O–H groups in total. The van der Waals surface area contributed by atoms with Gasteiger partial charge in [0, 0.05) is 61.4 Å². The second-order valence-corrected chi connectivity index (χ2v) is 12.9. The van der Waals surface area contributed by atoms with E-state index in [-0.39, 0.29) is 18.0 Å². The summed E-state index contributed by atoms with van der Waals surface area (Å²) in [6, 6.07) is 21.1. The van der Waals surface area contributed by atoms with Crippen molar-refractivity contribution in [1.29, 1.82) is 0 Å². The molecule has 1 heterocycles. The van der Waals surface area contributed by atoms with Gasteiger partial charge in [-0.15, -0.1) is 0 Å². The highest BCUT2D eigenvalue weighted by Crippen LogP contribution is 2.33. The van der Waals surface area contributed by atoms with E-state index >= 15 is 0 Å². The van der Waals surface area contributed by atoms with Gasteiger partial charge in [0.1, 0.15) is 0 Å². The van der Waals surface area contributed by atoms with Crippen molar-refractivity contribution in [2.45, 2.75) is 52.8 Å². The summed E-state index contributed by atoms with van der Waals surface area (Å²) in [5, 5.41) is 5.75. The largest absolute Gasteiger partial charge is 0.416 e. The van der Waals surface area contributed by atoms with Gasteiger partial charge in [-0.1, -0.05) is 31.2 Å². The number of hydrogen-bond donors (Lipinski definition) is 2. The second-order valence-electron chi connectivity index (χ2n) is 12.9. The van der Waals surface area contributed by atoms with Crippen molar-refractivity contribution < 1.29 is 41.7 Å². The molecule has 10 nitrogen and oxygen atoms in total. The van der Waals surface area contributed by atoms with E-state index in [4.69, 9.17) is 18.9 Å². The van der Waals surface area contributed by atoms with Crippen molar-refractivity contribution in [1.82, 2.24) is 10.3 Å². The molecular formula is C43H53F3N4O6. The van der Waals surface area contributed by atoms with Gasteiger partial charge >= 0.3 is 6.18 Å². The zero-order valence-electron chi connectivity index (χ0n) is 32.5. The van der Waals surface area contributed by atoms with Crippen LogP contribution in [0.15, 0.2) is 85.1 Å². The van der Waals surface area contributed by atoms with Crippen LogP contribution < -0.4 is 15.5 Å². The number of pyridine rings is 1. The average Bonchev–Trinajstić information content (AvgIpc) is 3.21. The molecule has 2 amide bonds. The fraction of sp³-hybridized carbons (Fsp3) is 0.419. The van der Waals surface area contributed by atoms with Crippen LogP contribution in [-0.4, -0.2) is 82.7 Å². The number of amides is 2. The Kier molecular flexibility index (Phi) is 18.3. The number of hydrogen-bond acceptors (Lipinski definition) is 8. The molecule has 56 heavy (non-hydrogen) atoms. The number of aryl methyl sites for hydroxylation is 1. The Morgan fingerprint density at radius 3 is 2.02 bits per heavy atom. The number of benzene rings is 3. The van der Waals surface area contributed by atoms with Crippen LogP contribution in [0.4, 0.5) is 24.5 Å². The highest BCUT2D eigenvalue weighted by molar-refractivity contribution is 6.06. The van der Waals surface area contributed by atoms with Crippen molar-refractivity contribution in [2.75, 3.05) is 76.2 Å². The Hall–Kier alpha value is -4.82. The Bertz CT molecular complexity index is 1820. The molecule has 1 aromatic heterocycles. The van der Waals surface area contributed by atoms with E-state index in [1.54, 1.807) is 12.1 Å². The highest BCUT2D eigenvalue weighted by Gasteiger charge is 2.30. The van der Waals surface area contributed by atoms with Gasteiger partial charge in [-0.3, -0.25) is 14.6 Å². The molecule has 302 valence electrons. The lowest BCUT2D eigenvalue weighted by molar-refractivity contribution is -0.137. The van der Waals surface area contributed by atoms with E-state index < -0.39 is 17.6 Å². The lowest BCUT2D eigenvalue weighted by atomic mass is 10.0. The van der Waals surface area contributed by atoms with E-state index in [2.05, 4.69) is 27.4 Å². The van der Waals surface area contributed by atoms with Gasteiger partial charge in [0.25, 0.3) is 11.8 Å². The van der Waals surface area contributed by atoms with Gasteiger partial charge in [-0.2, -0.15) is 13.2 Å². The van der Waals surface area contributed by atoms with Crippen molar-refractivity contribution in [3.63, 3.8) is 0 Å². The maximum Gasteiger partial charge on any atom is 0.416 e. The standard InChI is InChI=1S/C43H53F3N4O6/c1-4-19-53-21-23-55-25-26-56-24-22-54-20-9-12-32-10-7-13-34(27-32)42(52)49-39-16-15-37(50(5-2)6-3)30-38(39)40-29-35(17-18-47-40)41(51)48-31-33-11-8-14-36(28-33)43(44,45)46/h7-8,10-11,13-18,27-30H,4-6,9,12,19-26,31H2,1-3H3,(H,48,51)(H,49,52). The molecule has 0 aliphatic carbocycles. The molecule has 13 heteroatoms. The number of anilines is 2. The molecule has 0 bridgehead atoms. The quantitative estimate of drug-likeness (QED) is 0.0686. The normalized spacial score (nSPS) is 11.4. The van der Waals surface area contributed by atoms with Crippen molar-refractivity contribution >= 4 is 23.2 Å². The minimum absolute atomic E-state index is 0.0905. The molecule has 0 radical (unpaired) electrons. The Morgan fingerprint density at radius 2 is 1.34 bits per heavy atom. The molecule has 0 saturated heterocycles. The molecule has 4 rings (SSSR count). The summed E-state index contributed by atoms with van der Waals surface area (Å²) < 4.78 is 61.7. The van der Waals surface area contributed by atoms with Crippen molar-refractivity contribution in [3.05, 3.63) is 113 Å². The summed E-state index contributed by atoms with van der Waals surface area (Å²) in [4.78, 5) is 33.5. The molecule has 0 fully saturated rings. The molecule has 0 unspecified atom stereocenters. The van der Waals surface area contributed by atoms with E-state index in [0.717, 1.165) is 62.3 Å². The highest BCUT2D eigenvalue weighted by atomic mass is 19.4. The van der Waals surface area contributed by atoms with Crippen molar-refractivity contribution in [2.24, 2.45) is 0 Å². The van der Waals surface area contributed by atoms with E-state index in [9.17, 15) is 22.8 Å². The zero-order chi connectivity index (χ0) is 40.2. The first-order valence-corrected chi connectivity index (χ1v) is 19.1. The van der Waals surface area contributed by atoms with Crippen LogP contribution in [0.25, 0.3) is 11.3 Å². The summed E-state index contributed by atoms with van der Waals surface area (Å²) >= 11 is 0. The molecule has 0 aliphatic heterocycles. The number of nitrogens with one attached hydrogen (secondary N) is 2. The molecular weight excluding hydrogens is 725 g/mol. The molecule has 3 aromatic carbocycles. The number of ether oxygens (including phenoxy) is 4. The number of nitrogens with zero attached hydrogens (tertiary/aromatic N) is 2. The van der Waals surface area contributed by atoms with Gasteiger partial charge in [0.05, 0.1) is 56.6 Å². The molecule has 0 atom stereocenters. The third-order valence-corrected chi connectivity index (χ3v) is 8.79. The van der Waals surface area contributed by atoms with Gasteiger partial charge in [0.2, 0.25) is 0 Å². The number of carbonyl (C=O) groups excluding carboxylic acids is 2. The smallest absolute Gasteiger partial charge is 0.379 e. The molecule has 0 saturated carbocycles. The first kappa shape index (κ1) is 43.9.